The molecule has 2 aliphatic rings. The van der Waals surface area contributed by atoms with Gasteiger partial charge in [-0.1, -0.05) is 32.4 Å². The van der Waals surface area contributed by atoms with Crippen molar-refractivity contribution >= 4 is 40.5 Å². The molecule has 0 bridgehead atoms. The number of aromatic nitrogens is 3. The van der Waals surface area contributed by atoms with Gasteiger partial charge >= 0.3 is 5.97 Å². The normalized spacial score (nSPS) is 17.8. The van der Waals surface area contributed by atoms with Gasteiger partial charge in [0.25, 0.3) is 0 Å². The average molecular weight is 616 g/mol. The zero-order valence-corrected chi connectivity index (χ0v) is 25.0. The van der Waals surface area contributed by atoms with Gasteiger partial charge in [0.05, 0.1) is 30.4 Å². The molecule has 42 heavy (non-hydrogen) atoms. The molecule has 5 rings (SSSR count). The van der Waals surface area contributed by atoms with E-state index in [1.807, 2.05) is 4.90 Å². The maximum atomic E-state index is 14.7. The number of hydrogen-bond acceptors (Lipinski definition) is 8. The van der Waals surface area contributed by atoms with Crippen LogP contribution in [-0.4, -0.2) is 62.4 Å². The first-order valence-electron chi connectivity index (χ1n) is 14.2. The van der Waals surface area contributed by atoms with E-state index in [9.17, 15) is 19.1 Å². The van der Waals surface area contributed by atoms with Crippen LogP contribution in [0.3, 0.4) is 0 Å². The summed E-state index contributed by atoms with van der Waals surface area (Å²) in [5, 5.41) is 10.2. The zero-order valence-electron chi connectivity index (χ0n) is 23.4. The number of rotatable bonds is 10. The molecule has 1 N–H and O–H groups in total. The summed E-state index contributed by atoms with van der Waals surface area (Å²) in [6.07, 6.45) is 8.81. The molecule has 0 spiro atoms. The number of ketones is 1. The molecule has 226 valence electrons. The largest absolute Gasteiger partial charge is 0.481 e. The summed E-state index contributed by atoms with van der Waals surface area (Å²) < 4.78 is 14.7. The van der Waals surface area contributed by atoms with Crippen molar-refractivity contribution in [2.45, 2.75) is 78.8 Å². The number of nitrogens with zero attached hydrogens (tertiary/aromatic N) is 5. The quantitative estimate of drug-likeness (QED) is 0.248. The summed E-state index contributed by atoms with van der Waals surface area (Å²) >= 11 is 7.83. The Morgan fingerprint density at radius 1 is 1.14 bits per heavy atom. The third kappa shape index (κ3) is 7.15. The lowest BCUT2D eigenvalue weighted by Gasteiger charge is -2.30. The Hall–Kier alpha value is -2.95. The number of likely N-dealkylation sites (tertiary alicyclic amines) is 1. The number of aliphatic carboxylic acids is 1. The predicted octanol–water partition coefficient (Wildman–Crippen LogP) is 6.83. The van der Waals surface area contributed by atoms with Crippen molar-refractivity contribution < 1.29 is 19.1 Å². The second-order valence-electron chi connectivity index (χ2n) is 11.0. The van der Waals surface area contributed by atoms with Crippen LogP contribution in [0.25, 0.3) is 11.3 Å². The number of piperidine rings is 1. The van der Waals surface area contributed by atoms with E-state index in [0.717, 1.165) is 30.7 Å². The van der Waals surface area contributed by atoms with Crippen molar-refractivity contribution in [2.24, 2.45) is 5.92 Å². The van der Waals surface area contributed by atoms with Crippen LogP contribution >= 0.6 is 22.9 Å². The fourth-order valence-corrected chi connectivity index (χ4v) is 7.07. The highest BCUT2D eigenvalue weighted by molar-refractivity contribution is 7.12. The highest BCUT2D eigenvalue weighted by Gasteiger charge is 2.28. The number of halogens is 2. The van der Waals surface area contributed by atoms with E-state index in [-0.39, 0.29) is 37.1 Å². The van der Waals surface area contributed by atoms with Crippen LogP contribution in [0, 0.1) is 18.7 Å². The Morgan fingerprint density at radius 3 is 2.55 bits per heavy atom. The molecule has 2 saturated heterocycles. The van der Waals surface area contributed by atoms with Crippen LogP contribution in [0.5, 0.6) is 0 Å². The number of hydrogen-bond donors (Lipinski definition) is 1. The van der Waals surface area contributed by atoms with E-state index < -0.39 is 5.97 Å². The summed E-state index contributed by atoms with van der Waals surface area (Å²) in [6, 6.07) is 3.74. The maximum Gasteiger partial charge on any atom is 0.306 e. The predicted molar refractivity (Wildman–Crippen MR) is 165 cm³/mol. The van der Waals surface area contributed by atoms with E-state index in [4.69, 9.17) is 16.6 Å². The van der Waals surface area contributed by atoms with Gasteiger partial charge in [-0.25, -0.2) is 19.3 Å². The molecule has 0 aliphatic carbocycles. The molecule has 11 heteroatoms. The van der Waals surface area contributed by atoms with Gasteiger partial charge in [-0.15, -0.1) is 11.3 Å². The van der Waals surface area contributed by atoms with Crippen molar-refractivity contribution in [3.8, 4) is 11.3 Å². The molecule has 0 radical (unpaired) electrons. The number of carbonyl (C=O) groups is 2. The minimum atomic E-state index is -0.762. The van der Waals surface area contributed by atoms with Crippen molar-refractivity contribution in [1.82, 2.24) is 19.9 Å². The van der Waals surface area contributed by atoms with Crippen molar-refractivity contribution in [3.05, 3.63) is 56.5 Å². The lowest BCUT2D eigenvalue weighted by Crippen LogP contribution is -2.36. The van der Waals surface area contributed by atoms with Gasteiger partial charge in [-0.05, 0) is 57.7 Å². The van der Waals surface area contributed by atoms with E-state index in [0.29, 0.717) is 71.2 Å². The van der Waals surface area contributed by atoms with Gasteiger partial charge in [-0.3, -0.25) is 14.5 Å². The molecule has 1 aromatic carbocycles. The molecule has 2 aromatic heterocycles. The molecular formula is C31H39ClFN5O3S. The number of carbonyl (C=O) groups excluding carboxylic acids is 1. The van der Waals surface area contributed by atoms with Crippen LogP contribution in [0.2, 0.25) is 5.02 Å². The number of thiazole rings is 1. The summed E-state index contributed by atoms with van der Waals surface area (Å²) in [5.74, 6) is -1.03. The molecule has 2 aliphatic heterocycles. The highest BCUT2D eigenvalue weighted by atomic mass is 35.5. The van der Waals surface area contributed by atoms with Crippen LogP contribution in [-0.2, 0) is 17.8 Å². The summed E-state index contributed by atoms with van der Waals surface area (Å²) in [5.41, 5.74) is 1.94. The monoisotopic (exact) mass is 615 g/mol. The van der Waals surface area contributed by atoms with Crippen molar-refractivity contribution in [1.29, 1.82) is 0 Å². The minimum absolute atomic E-state index is 0. The van der Waals surface area contributed by atoms with Gasteiger partial charge < -0.3 is 10.0 Å². The number of carboxylic acids is 1. The summed E-state index contributed by atoms with van der Waals surface area (Å²) in [6.45, 7) is 6.73. The number of benzene rings is 1. The summed E-state index contributed by atoms with van der Waals surface area (Å²) in [4.78, 5) is 43.5. The Bertz CT molecular complexity index is 1390. The maximum absolute atomic E-state index is 14.7. The number of Topliss-reactive ketones (excluding diaryl/α,β-unsaturated/α-hetero) is 1. The Labute approximate surface area is 256 Å². The molecule has 8 nitrogen and oxygen atoms in total. The lowest BCUT2D eigenvalue weighted by atomic mass is 9.97. The van der Waals surface area contributed by atoms with Crippen LogP contribution in [0.15, 0.2) is 24.5 Å². The Kier molecular flexibility index (Phi) is 10.7. The van der Waals surface area contributed by atoms with Crippen molar-refractivity contribution in [3.63, 3.8) is 0 Å². The number of carboxylic acid groups (broad SMARTS) is 1. The third-order valence-corrected chi connectivity index (χ3v) is 9.60. The molecule has 1 atom stereocenters. The van der Waals surface area contributed by atoms with E-state index in [1.165, 1.54) is 30.0 Å². The van der Waals surface area contributed by atoms with Gasteiger partial charge in [0.15, 0.2) is 5.78 Å². The van der Waals surface area contributed by atoms with Crippen LogP contribution in [0.4, 0.5) is 10.2 Å². The topological polar surface area (TPSA) is 99.5 Å². The van der Waals surface area contributed by atoms with Crippen LogP contribution in [0.1, 0.15) is 78.8 Å². The molecule has 0 amide bonds. The minimum Gasteiger partial charge on any atom is -0.481 e. The Morgan fingerprint density at radius 2 is 1.90 bits per heavy atom. The number of anilines is 1. The third-order valence-electron chi connectivity index (χ3n) is 8.17. The molecule has 4 heterocycles. The first-order valence-corrected chi connectivity index (χ1v) is 15.4. The van der Waals surface area contributed by atoms with Crippen LogP contribution < -0.4 is 4.90 Å². The second-order valence-corrected chi connectivity index (χ2v) is 12.5. The lowest BCUT2D eigenvalue weighted by molar-refractivity contribution is -0.142. The fourth-order valence-electron chi connectivity index (χ4n) is 5.75. The van der Waals surface area contributed by atoms with Gasteiger partial charge in [0.2, 0.25) is 0 Å². The summed E-state index contributed by atoms with van der Waals surface area (Å²) in [7, 11) is 0. The van der Waals surface area contributed by atoms with Gasteiger partial charge in [0.1, 0.15) is 22.3 Å². The molecule has 1 unspecified atom stereocenters. The van der Waals surface area contributed by atoms with Gasteiger partial charge in [-0.2, -0.15) is 0 Å². The van der Waals surface area contributed by atoms with Crippen molar-refractivity contribution in [2.75, 3.05) is 24.5 Å². The smallest absolute Gasteiger partial charge is 0.306 e. The van der Waals surface area contributed by atoms with E-state index in [1.54, 1.807) is 19.2 Å². The van der Waals surface area contributed by atoms with Gasteiger partial charge in [0, 0.05) is 46.7 Å². The van der Waals surface area contributed by atoms with E-state index in [2.05, 4.69) is 21.8 Å². The average Bonchev–Trinajstić information content (AvgIpc) is 3.58. The highest BCUT2D eigenvalue weighted by Crippen LogP contribution is 2.35. The first-order chi connectivity index (χ1) is 19.7. The second kappa shape index (κ2) is 14.0. The molecule has 3 aromatic rings. The standard InChI is InChI=1S/C30H35ClFN5O3S.CH4/c1-3-5-21-6-4-9-37(21)17-26-29(20-12-22(31)18(2)23(32)13-20)35-28(41-26)14-25(38)24-15-34-27(16-33-24)36-10-7-19(8-11-36)30(39)40;/h12-13,15-16,19,21H,3-11,14,17H2,1-2H3,(H,39,40);1H4. The SMILES string of the molecule is C.CCCC1CCCN1Cc1sc(CC(=O)c2cnc(N3CCC(C(=O)O)CC3)cn2)nc1-c1cc(F)c(C)c(Cl)c1. The molecule has 0 saturated carbocycles. The Balaban J connectivity index is 0.00000405. The zero-order chi connectivity index (χ0) is 29.1. The van der Waals surface area contributed by atoms with E-state index >= 15 is 0 Å². The molecular weight excluding hydrogens is 577 g/mol. The first kappa shape index (κ1) is 32.0. The fraction of sp³-hybridized carbons (Fsp3) is 0.516. The molecule has 2 fully saturated rings.